The maximum Gasteiger partial charge on any atom is 0.257 e. The molecule has 24 heavy (non-hydrogen) atoms. The van der Waals surface area contributed by atoms with E-state index in [1.54, 1.807) is 6.20 Å². The minimum atomic E-state index is 0.0833. The highest BCUT2D eigenvalue weighted by Gasteiger charge is 2.30. The van der Waals surface area contributed by atoms with Crippen molar-refractivity contribution in [3.05, 3.63) is 17.5 Å². The van der Waals surface area contributed by atoms with E-state index < -0.39 is 0 Å². The van der Waals surface area contributed by atoms with Crippen molar-refractivity contribution in [2.45, 2.75) is 25.8 Å². The fourth-order valence-electron chi connectivity index (χ4n) is 3.69. The predicted octanol–water partition coefficient (Wildman–Crippen LogP) is 0.755. The maximum absolute atomic E-state index is 12.5. The van der Waals surface area contributed by atoms with E-state index in [0.29, 0.717) is 12.1 Å². The van der Waals surface area contributed by atoms with Crippen molar-refractivity contribution in [2.75, 3.05) is 57.4 Å². The lowest BCUT2D eigenvalue weighted by atomic mass is 10.3. The second-order valence-electron chi connectivity index (χ2n) is 6.76. The van der Waals surface area contributed by atoms with Crippen LogP contribution in [0.5, 0.6) is 0 Å². The lowest BCUT2D eigenvalue weighted by molar-refractivity contribution is 0.0358. The Morgan fingerprint density at radius 1 is 1.08 bits per heavy atom. The van der Waals surface area contributed by atoms with Gasteiger partial charge in [0.15, 0.2) is 0 Å². The first-order valence-corrected chi connectivity index (χ1v) is 9.01. The van der Waals surface area contributed by atoms with Gasteiger partial charge in [-0.05, 0) is 19.3 Å². The van der Waals surface area contributed by atoms with E-state index in [1.807, 2.05) is 4.90 Å². The molecule has 130 valence electrons. The third kappa shape index (κ3) is 3.23. The number of ether oxygens (including phenoxy) is 1. The third-order valence-electron chi connectivity index (χ3n) is 5.11. The molecule has 3 aliphatic rings. The first-order valence-electron chi connectivity index (χ1n) is 9.01. The number of rotatable bonds is 5. The fourth-order valence-corrected chi connectivity index (χ4v) is 3.69. The van der Waals surface area contributed by atoms with Crippen LogP contribution in [0, 0.1) is 0 Å². The van der Waals surface area contributed by atoms with Gasteiger partial charge in [0.05, 0.1) is 31.0 Å². The Balaban J connectivity index is 1.33. The van der Waals surface area contributed by atoms with Gasteiger partial charge in [-0.1, -0.05) is 0 Å². The van der Waals surface area contributed by atoms with Crippen molar-refractivity contribution < 1.29 is 9.53 Å². The molecule has 1 amide bonds. The molecule has 0 aliphatic carbocycles. The number of anilines is 1. The van der Waals surface area contributed by atoms with Crippen molar-refractivity contribution in [1.82, 2.24) is 19.8 Å². The number of hydrogen-bond donors (Lipinski definition) is 0. The molecule has 0 N–H and O–H groups in total. The largest absolute Gasteiger partial charge is 0.379 e. The molecule has 0 spiro atoms. The number of fused-ring (bicyclic) bond motifs is 1. The van der Waals surface area contributed by atoms with Crippen molar-refractivity contribution in [3.8, 4) is 0 Å². The summed E-state index contributed by atoms with van der Waals surface area (Å²) in [6.45, 7) is 8.12. The van der Waals surface area contributed by atoms with Crippen molar-refractivity contribution in [2.24, 2.45) is 0 Å². The molecule has 7 heteroatoms. The van der Waals surface area contributed by atoms with Gasteiger partial charge in [-0.15, -0.1) is 0 Å². The molecule has 0 radical (unpaired) electrons. The quantitative estimate of drug-likeness (QED) is 0.794. The summed E-state index contributed by atoms with van der Waals surface area (Å²) in [5.41, 5.74) is 1.58. The summed E-state index contributed by atoms with van der Waals surface area (Å²) < 4.78 is 5.37. The van der Waals surface area contributed by atoms with E-state index in [0.717, 1.165) is 70.5 Å². The van der Waals surface area contributed by atoms with Crippen molar-refractivity contribution in [1.29, 1.82) is 0 Å². The van der Waals surface area contributed by atoms with Crippen LogP contribution in [-0.2, 0) is 11.3 Å². The van der Waals surface area contributed by atoms with Crippen molar-refractivity contribution in [3.63, 3.8) is 0 Å². The summed E-state index contributed by atoms with van der Waals surface area (Å²) in [6, 6.07) is 0. The minimum absolute atomic E-state index is 0.0833. The Bertz CT molecular complexity index is 597. The standard InChI is InChI=1S/C17H25N5O2/c23-16-14-12-18-17(21-5-1-2-6-21)19-15(14)13-22(16)7-3-4-20-8-10-24-11-9-20/h12H,1-11,13H2. The number of morpholine rings is 1. The first kappa shape index (κ1) is 15.8. The second kappa shape index (κ2) is 7.03. The highest BCUT2D eigenvalue weighted by Crippen LogP contribution is 2.24. The topological polar surface area (TPSA) is 61.8 Å². The van der Waals surface area contributed by atoms with E-state index in [2.05, 4.69) is 19.8 Å². The number of amides is 1. The molecule has 0 atom stereocenters. The van der Waals surface area contributed by atoms with Gasteiger partial charge >= 0.3 is 0 Å². The van der Waals surface area contributed by atoms with E-state index >= 15 is 0 Å². The SMILES string of the molecule is O=C1c2cnc(N3CCCC3)nc2CN1CCCN1CCOCC1. The van der Waals surface area contributed by atoms with Gasteiger partial charge in [-0.3, -0.25) is 9.69 Å². The van der Waals surface area contributed by atoms with Gasteiger partial charge in [0.2, 0.25) is 5.95 Å². The Morgan fingerprint density at radius 3 is 2.67 bits per heavy atom. The van der Waals surface area contributed by atoms with Gasteiger partial charge in [-0.2, -0.15) is 0 Å². The summed E-state index contributed by atoms with van der Waals surface area (Å²) in [5.74, 6) is 0.870. The van der Waals surface area contributed by atoms with Crippen LogP contribution in [0.2, 0.25) is 0 Å². The lowest BCUT2D eigenvalue weighted by Gasteiger charge is -2.27. The van der Waals surface area contributed by atoms with E-state index in [4.69, 9.17) is 4.74 Å². The zero-order valence-corrected chi connectivity index (χ0v) is 14.1. The van der Waals surface area contributed by atoms with Crippen LogP contribution >= 0.6 is 0 Å². The molecule has 0 bridgehead atoms. The summed E-state index contributed by atoms with van der Waals surface area (Å²) >= 11 is 0. The average Bonchev–Trinajstić information content (AvgIpc) is 3.25. The summed E-state index contributed by atoms with van der Waals surface area (Å²) in [4.78, 5) is 28.1. The normalized spacial score (nSPS) is 21.6. The zero-order chi connectivity index (χ0) is 16.4. The van der Waals surface area contributed by atoms with Gasteiger partial charge in [0.25, 0.3) is 5.91 Å². The number of hydrogen-bond acceptors (Lipinski definition) is 6. The average molecular weight is 331 g/mol. The lowest BCUT2D eigenvalue weighted by Crippen LogP contribution is -2.38. The molecule has 0 saturated carbocycles. The molecule has 1 aromatic heterocycles. The monoisotopic (exact) mass is 331 g/mol. The van der Waals surface area contributed by atoms with Gasteiger partial charge in [0, 0.05) is 45.5 Å². The minimum Gasteiger partial charge on any atom is -0.379 e. The fraction of sp³-hybridized carbons (Fsp3) is 0.706. The smallest absolute Gasteiger partial charge is 0.257 e. The molecule has 0 aromatic carbocycles. The molecule has 0 unspecified atom stereocenters. The zero-order valence-electron chi connectivity index (χ0n) is 14.1. The summed E-state index contributed by atoms with van der Waals surface area (Å²) in [7, 11) is 0. The second-order valence-corrected chi connectivity index (χ2v) is 6.76. The summed E-state index contributed by atoms with van der Waals surface area (Å²) in [5, 5.41) is 0. The van der Waals surface area contributed by atoms with E-state index in [1.165, 1.54) is 12.8 Å². The number of carbonyl (C=O) groups is 1. The van der Waals surface area contributed by atoms with Crippen LogP contribution in [0.1, 0.15) is 35.3 Å². The molecule has 4 rings (SSSR count). The van der Waals surface area contributed by atoms with Gasteiger partial charge < -0.3 is 14.5 Å². The van der Waals surface area contributed by atoms with Crippen molar-refractivity contribution >= 4 is 11.9 Å². The summed E-state index contributed by atoms with van der Waals surface area (Å²) in [6.07, 6.45) is 5.12. The van der Waals surface area contributed by atoms with Crippen LogP contribution in [-0.4, -0.2) is 78.2 Å². The maximum atomic E-state index is 12.5. The predicted molar refractivity (Wildman–Crippen MR) is 90.1 cm³/mol. The highest BCUT2D eigenvalue weighted by atomic mass is 16.5. The number of nitrogens with zero attached hydrogens (tertiary/aromatic N) is 5. The number of carbonyl (C=O) groups excluding carboxylic acids is 1. The number of aromatic nitrogens is 2. The molecule has 2 fully saturated rings. The van der Waals surface area contributed by atoms with Gasteiger partial charge in [-0.25, -0.2) is 9.97 Å². The van der Waals surface area contributed by atoms with E-state index in [9.17, 15) is 4.79 Å². The van der Waals surface area contributed by atoms with Crippen LogP contribution in [0.3, 0.4) is 0 Å². The van der Waals surface area contributed by atoms with Crippen LogP contribution in [0.4, 0.5) is 5.95 Å². The Labute approximate surface area is 142 Å². The Hall–Kier alpha value is -1.73. The molecule has 1 aromatic rings. The molecule has 3 aliphatic heterocycles. The van der Waals surface area contributed by atoms with Gasteiger partial charge in [0.1, 0.15) is 0 Å². The Kier molecular flexibility index (Phi) is 4.62. The molecular formula is C17H25N5O2. The molecule has 2 saturated heterocycles. The molecule has 7 nitrogen and oxygen atoms in total. The van der Waals surface area contributed by atoms with Crippen LogP contribution in [0.15, 0.2) is 6.20 Å². The van der Waals surface area contributed by atoms with Crippen LogP contribution < -0.4 is 4.90 Å². The molecular weight excluding hydrogens is 306 g/mol. The molecule has 4 heterocycles. The third-order valence-corrected chi connectivity index (χ3v) is 5.11. The highest BCUT2D eigenvalue weighted by molar-refractivity contribution is 5.97. The Morgan fingerprint density at radius 2 is 1.88 bits per heavy atom. The van der Waals surface area contributed by atoms with Crippen LogP contribution in [0.25, 0.3) is 0 Å². The van der Waals surface area contributed by atoms with E-state index in [-0.39, 0.29) is 5.91 Å². The first-order chi connectivity index (χ1) is 11.8.